The summed E-state index contributed by atoms with van der Waals surface area (Å²) in [6.07, 6.45) is 9.51. The van der Waals surface area contributed by atoms with Gasteiger partial charge < -0.3 is 4.90 Å². The second kappa shape index (κ2) is 12.8. The number of thiol groups is 1. The predicted octanol–water partition coefficient (Wildman–Crippen LogP) is 3.22. The Labute approximate surface area is 117 Å². The van der Waals surface area contributed by atoms with Crippen LogP contribution >= 0.6 is 24.6 Å². The Bertz CT molecular complexity index is 177. The fraction of sp³-hybridized carbons (Fsp3) is 0.846. The normalized spacial score (nSPS) is 12.9. The van der Waals surface area contributed by atoms with Gasteiger partial charge in [-0.1, -0.05) is 45.1 Å². The fourth-order valence-corrected chi connectivity index (χ4v) is 2.42. The predicted molar refractivity (Wildman–Crippen MR) is 85.1 cm³/mol. The fourth-order valence-electron chi connectivity index (χ4n) is 1.76. The summed E-state index contributed by atoms with van der Waals surface area (Å²) in [5.41, 5.74) is 0. The summed E-state index contributed by atoms with van der Waals surface area (Å²) in [7, 11) is 0. The molecule has 1 N–H and O–H groups in total. The third-order valence-electron chi connectivity index (χ3n) is 2.87. The Morgan fingerprint density at radius 3 is 2.65 bits per heavy atom. The first-order valence-corrected chi connectivity index (χ1v) is 8.26. The average Bonchev–Trinajstić information content (AvgIpc) is 2.36. The molecule has 0 saturated carbocycles. The molecule has 1 unspecified atom stereocenters. The Hall–Kier alpha value is 0.360. The van der Waals surface area contributed by atoms with E-state index in [2.05, 4.69) is 48.3 Å². The van der Waals surface area contributed by atoms with Crippen LogP contribution in [0.3, 0.4) is 0 Å². The molecule has 0 aliphatic rings. The molecule has 102 valence electrons. The van der Waals surface area contributed by atoms with Gasteiger partial charge in [0.15, 0.2) is 0 Å². The summed E-state index contributed by atoms with van der Waals surface area (Å²) in [6, 6.07) is 0. The highest BCUT2D eigenvalue weighted by atomic mass is 32.2. The van der Waals surface area contributed by atoms with Crippen LogP contribution < -0.4 is 4.72 Å². The molecular formula is C13H28N2S2. The monoisotopic (exact) mass is 276 g/mol. The molecule has 0 aromatic rings. The highest BCUT2D eigenvalue weighted by Crippen LogP contribution is 2.10. The maximum atomic E-state index is 4.05. The van der Waals surface area contributed by atoms with Crippen LogP contribution in [0.15, 0.2) is 12.7 Å². The molecule has 0 radical (unpaired) electrons. The summed E-state index contributed by atoms with van der Waals surface area (Å²) in [5, 5.41) is 0.543. The van der Waals surface area contributed by atoms with Gasteiger partial charge in [0.25, 0.3) is 0 Å². The number of rotatable bonds is 12. The van der Waals surface area contributed by atoms with Gasteiger partial charge in [-0.2, -0.15) is 11.8 Å². The molecule has 2 nitrogen and oxygen atoms in total. The van der Waals surface area contributed by atoms with E-state index in [-0.39, 0.29) is 0 Å². The Morgan fingerprint density at radius 2 is 2.12 bits per heavy atom. The van der Waals surface area contributed by atoms with Crippen LogP contribution in [-0.4, -0.2) is 42.6 Å². The van der Waals surface area contributed by atoms with E-state index < -0.39 is 0 Å². The molecule has 0 aromatic heterocycles. The van der Waals surface area contributed by atoms with Crippen molar-refractivity contribution in [2.45, 2.75) is 37.9 Å². The lowest BCUT2D eigenvalue weighted by atomic mass is 10.2. The molecule has 0 spiro atoms. The minimum Gasteiger partial charge on any atom is -0.301 e. The number of hydrogen-bond donors (Lipinski definition) is 2. The summed E-state index contributed by atoms with van der Waals surface area (Å²) >= 11 is 5.93. The molecule has 0 saturated heterocycles. The van der Waals surface area contributed by atoms with Crippen molar-refractivity contribution in [1.82, 2.24) is 9.62 Å². The average molecular weight is 277 g/mol. The molecule has 0 bridgehead atoms. The maximum Gasteiger partial charge on any atom is 0.0349 e. The van der Waals surface area contributed by atoms with E-state index in [4.69, 9.17) is 0 Å². The van der Waals surface area contributed by atoms with Crippen LogP contribution in [0.4, 0.5) is 0 Å². The van der Waals surface area contributed by atoms with Crippen LogP contribution in [0.1, 0.15) is 32.6 Å². The maximum absolute atomic E-state index is 4.05. The molecule has 0 fully saturated rings. The van der Waals surface area contributed by atoms with Crippen molar-refractivity contribution >= 4 is 24.6 Å². The van der Waals surface area contributed by atoms with E-state index in [1.165, 1.54) is 32.2 Å². The Morgan fingerprint density at radius 1 is 1.35 bits per heavy atom. The van der Waals surface area contributed by atoms with Crippen molar-refractivity contribution < 1.29 is 0 Å². The van der Waals surface area contributed by atoms with E-state index in [0.717, 1.165) is 19.6 Å². The van der Waals surface area contributed by atoms with Crippen LogP contribution in [-0.2, 0) is 0 Å². The second-order valence-electron chi connectivity index (χ2n) is 4.28. The van der Waals surface area contributed by atoms with Gasteiger partial charge in [-0.15, -0.1) is 6.58 Å². The lowest BCUT2D eigenvalue weighted by molar-refractivity contribution is 0.280. The number of hydrogen-bond acceptors (Lipinski definition) is 4. The third-order valence-corrected chi connectivity index (χ3v) is 4.04. The van der Waals surface area contributed by atoms with Gasteiger partial charge in [-0.25, -0.2) is 0 Å². The van der Waals surface area contributed by atoms with E-state index >= 15 is 0 Å². The summed E-state index contributed by atoms with van der Waals surface area (Å²) in [6.45, 7) is 10.5. The smallest absolute Gasteiger partial charge is 0.0349 e. The van der Waals surface area contributed by atoms with Crippen LogP contribution in [0, 0.1) is 0 Å². The highest BCUT2D eigenvalue weighted by molar-refractivity contribution is 7.99. The second-order valence-corrected chi connectivity index (χ2v) is 5.67. The molecule has 4 heteroatoms. The van der Waals surface area contributed by atoms with E-state index in [1.807, 2.05) is 11.8 Å². The van der Waals surface area contributed by atoms with Crippen molar-refractivity contribution in [1.29, 1.82) is 0 Å². The van der Waals surface area contributed by atoms with Gasteiger partial charge in [0.1, 0.15) is 0 Å². The zero-order valence-electron chi connectivity index (χ0n) is 11.3. The summed E-state index contributed by atoms with van der Waals surface area (Å²) in [4.78, 5) is 2.52. The van der Waals surface area contributed by atoms with Crippen molar-refractivity contribution in [2.24, 2.45) is 0 Å². The van der Waals surface area contributed by atoms with Crippen molar-refractivity contribution in [2.75, 3.05) is 32.4 Å². The van der Waals surface area contributed by atoms with Gasteiger partial charge in [0.2, 0.25) is 0 Å². The molecule has 0 rings (SSSR count). The first-order valence-electron chi connectivity index (χ1n) is 6.53. The SMILES string of the molecule is C=CC(CN(CCCCCC)CCNS)SC. The third kappa shape index (κ3) is 10.0. The van der Waals surface area contributed by atoms with Gasteiger partial charge in [0, 0.05) is 24.9 Å². The van der Waals surface area contributed by atoms with E-state index in [1.54, 1.807) is 0 Å². The molecule has 1 atom stereocenters. The number of thioether (sulfide) groups is 1. The van der Waals surface area contributed by atoms with Crippen molar-refractivity contribution in [3.8, 4) is 0 Å². The van der Waals surface area contributed by atoms with Crippen molar-refractivity contribution in [3.05, 3.63) is 12.7 Å². The molecule has 17 heavy (non-hydrogen) atoms. The number of nitrogens with one attached hydrogen (secondary N) is 1. The quantitative estimate of drug-likeness (QED) is 0.323. The van der Waals surface area contributed by atoms with Gasteiger partial charge in [0.05, 0.1) is 0 Å². The molecule has 0 amide bonds. The molecule has 0 heterocycles. The highest BCUT2D eigenvalue weighted by Gasteiger charge is 2.09. The lowest BCUT2D eigenvalue weighted by Crippen LogP contribution is -2.35. The van der Waals surface area contributed by atoms with Gasteiger partial charge in [-0.3, -0.25) is 4.72 Å². The minimum atomic E-state index is 0.543. The zero-order valence-corrected chi connectivity index (χ0v) is 13.0. The zero-order chi connectivity index (χ0) is 12.9. The lowest BCUT2D eigenvalue weighted by Gasteiger charge is -2.25. The van der Waals surface area contributed by atoms with Crippen LogP contribution in [0.2, 0.25) is 0 Å². The largest absolute Gasteiger partial charge is 0.301 e. The van der Waals surface area contributed by atoms with Crippen molar-refractivity contribution in [3.63, 3.8) is 0 Å². The van der Waals surface area contributed by atoms with Crippen LogP contribution in [0.25, 0.3) is 0 Å². The summed E-state index contributed by atoms with van der Waals surface area (Å²) in [5.74, 6) is 0. The van der Waals surface area contributed by atoms with Gasteiger partial charge >= 0.3 is 0 Å². The Balaban J connectivity index is 3.89. The molecule has 0 aromatic carbocycles. The Kier molecular flexibility index (Phi) is 13.1. The first kappa shape index (κ1) is 17.4. The molecular weight excluding hydrogens is 248 g/mol. The van der Waals surface area contributed by atoms with Gasteiger partial charge in [-0.05, 0) is 19.2 Å². The number of unbranched alkanes of at least 4 members (excludes halogenated alkanes) is 3. The number of nitrogens with zero attached hydrogens (tertiary/aromatic N) is 1. The topological polar surface area (TPSA) is 15.3 Å². The van der Waals surface area contributed by atoms with Crippen LogP contribution in [0.5, 0.6) is 0 Å². The summed E-state index contributed by atoms with van der Waals surface area (Å²) < 4.78 is 2.93. The van der Waals surface area contributed by atoms with E-state index in [0.29, 0.717) is 5.25 Å². The molecule has 0 aliphatic carbocycles. The van der Waals surface area contributed by atoms with E-state index in [9.17, 15) is 0 Å². The minimum absolute atomic E-state index is 0.543. The first-order chi connectivity index (χ1) is 8.28. The molecule has 0 aliphatic heterocycles. The standard InChI is InChI=1S/C13H28N2S2/c1-4-6-7-8-10-15(11-9-14-16)12-13(5-2)17-3/h5,13-14,16H,2,4,6-12H2,1,3H3.